The molecule has 10 heteroatoms. The largest absolute Gasteiger partial charge is 0.444 e. The molecule has 0 aromatic carbocycles. The van der Waals surface area contributed by atoms with E-state index in [0.717, 1.165) is 22.2 Å². The summed E-state index contributed by atoms with van der Waals surface area (Å²) in [6, 6.07) is 1.46. The van der Waals surface area contributed by atoms with Gasteiger partial charge in [0, 0.05) is 39.3 Å². The standard InChI is InChI=1S/C21H26N6O4/c1-21(2,3)31-20(30)26-8-5-13(6-9-26)15-11-16-14(12-22-15)18(24-25(16)4)27-10-7-17(28)23-19(27)29/h5,11-12H,6-10H2,1-4H3,(H,23,28,29). The van der Waals surface area contributed by atoms with Gasteiger partial charge < -0.3 is 9.64 Å². The second kappa shape index (κ2) is 7.68. The summed E-state index contributed by atoms with van der Waals surface area (Å²) in [6.07, 6.45) is 4.27. The minimum absolute atomic E-state index is 0.232. The molecule has 1 N–H and O–H groups in total. The van der Waals surface area contributed by atoms with Crippen molar-refractivity contribution in [2.24, 2.45) is 7.05 Å². The van der Waals surface area contributed by atoms with Gasteiger partial charge in [-0.3, -0.25) is 24.7 Å². The van der Waals surface area contributed by atoms with Crippen molar-refractivity contribution in [3.63, 3.8) is 0 Å². The smallest absolute Gasteiger partial charge is 0.410 e. The van der Waals surface area contributed by atoms with Crippen molar-refractivity contribution in [3.05, 3.63) is 24.0 Å². The van der Waals surface area contributed by atoms with E-state index in [4.69, 9.17) is 4.74 Å². The summed E-state index contributed by atoms with van der Waals surface area (Å²) in [5.74, 6) is 0.196. The second-order valence-electron chi connectivity index (χ2n) is 8.69. The van der Waals surface area contributed by atoms with Gasteiger partial charge in [0.2, 0.25) is 5.91 Å². The summed E-state index contributed by atoms with van der Waals surface area (Å²) in [5.41, 5.74) is 2.17. The van der Waals surface area contributed by atoms with Gasteiger partial charge in [-0.15, -0.1) is 0 Å². The number of anilines is 1. The molecule has 0 unspecified atom stereocenters. The molecule has 1 fully saturated rings. The summed E-state index contributed by atoms with van der Waals surface area (Å²) in [4.78, 5) is 43.6. The van der Waals surface area contributed by atoms with Crippen molar-refractivity contribution in [2.75, 3.05) is 24.5 Å². The van der Waals surface area contributed by atoms with Gasteiger partial charge in [0.15, 0.2) is 5.82 Å². The van der Waals surface area contributed by atoms with Crippen LogP contribution in [0.25, 0.3) is 16.5 Å². The van der Waals surface area contributed by atoms with E-state index in [2.05, 4.69) is 15.4 Å². The van der Waals surface area contributed by atoms with Gasteiger partial charge in [-0.2, -0.15) is 5.10 Å². The van der Waals surface area contributed by atoms with E-state index >= 15 is 0 Å². The van der Waals surface area contributed by atoms with Crippen LogP contribution in [-0.4, -0.2) is 62.9 Å². The molecule has 0 aliphatic carbocycles. The fourth-order valence-electron chi connectivity index (χ4n) is 3.67. The second-order valence-corrected chi connectivity index (χ2v) is 8.69. The Balaban J connectivity index is 1.55. The predicted molar refractivity (Wildman–Crippen MR) is 114 cm³/mol. The number of aryl methyl sites for hydroxylation is 1. The lowest BCUT2D eigenvalue weighted by molar-refractivity contribution is -0.120. The molecular formula is C21H26N6O4. The molecule has 2 aromatic rings. The highest BCUT2D eigenvalue weighted by Crippen LogP contribution is 2.30. The van der Waals surface area contributed by atoms with Gasteiger partial charge >= 0.3 is 12.1 Å². The molecule has 0 saturated carbocycles. The number of amides is 4. The third-order valence-corrected chi connectivity index (χ3v) is 5.22. The number of urea groups is 1. The number of carbonyl (C=O) groups excluding carboxylic acids is 3. The summed E-state index contributed by atoms with van der Waals surface area (Å²) >= 11 is 0. The van der Waals surface area contributed by atoms with Crippen LogP contribution in [0.1, 0.15) is 39.3 Å². The number of hydrogen-bond acceptors (Lipinski definition) is 6. The fraction of sp³-hybridized carbons (Fsp3) is 0.476. The molecule has 4 amide bonds. The van der Waals surface area contributed by atoms with Crippen LogP contribution in [-0.2, 0) is 16.6 Å². The van der Waals surface area contributed by atoms with Gasteiger partial charge in [0.05, 0.1) is 16.6 Å². The number of imide groups is 1. The first-order chi connectivity index (χ1) is 14.6. The number of pyridine rings is 1. The van der Waals surface area contributed by atoms with Crippen LogP contribution in [0.5, 0.6) is 0 Å². The van der Waals surface area contributed by atoms with Crippen LogP contribution in [0.3, 0.4) is 0 Å². The Labute approximate surface area is 179 Å². The van der Waals surface area contributed by atoms with Gasteiger partial charge in [0.25, 0.3) is 0 Å². The topological polar surface area (TPSA) is 110 Å². The predicted octanol–water partition coefficient (Wildman–Crippen LogP) is 2.44. The van der Waals surface area contributed by atoms with Crippen molar-refractivity contribution in [2.45, 2.75) is 39.2 Å². The molecule has 2 aliphatic rings. The van der Waals surface area contributed by atoms with E-state index in [1.165, 1.54) is 4.90 Å². The van der Waals surface area contributed by atoms with Crippen molar-refractivity contribution in [1.29, 1.82) is 0 Å². The van der Waals surface area contributed by atoms with Gasteiger partial charge in [-0.05, 0) is 38.8 Å². The molecule has 10 nitrogen and oxygen atoms in total. The van der Waals surface area contributed by atoms with Crippen LogP contribution >= 0.6 is 0 Å². The minimum atomic E-state index is -0.524. The lowest BCUT2D eigenvalue weighted by Gasteiger charge is -2.29. The van der Waals surface area contributed by atoms with E-state index in [9.17, 15) is 14.4 Å². The number of ether oxygens (including phenoxy) is 1. The van der Waals surface area contributed by atoms with Crippen LogP contribution in [0, 0.1) is 0 Å². The van der Waals surface area contributed by atoms with Crippen LogP contribution in [0.2, 0.25) is 0 Å². The van der Waals surface area contributed by atoms with E-state index in [1.54, 1.807) is 15.8 Å². The Hall–Kier alpha value is -3.43. The maximum atomic E-state index is 12.3. The third kappa shape index (κ3) is 4.23. The van der Waals surface area contributed by atoms with Crippen LogP contribution < -0.4 is 10.2 Å². The number of fused-ring (bicyclic) bond motifs is 1. The molecular weight excluding hydrogens is 400 g/mol. The summed E-state index contributed by atoms with van der Waals surface area (Å²) in [6.45, 7) is 6.85. The quantitative estimate of drug-likeness (QED) is 0.790. The first-order valence-corrected chi connectivity index (χ1v) is 10.2. The lowest BCUT2D eigenvalue weighted by Crippen LogP contribution is -2.49. The Kier molecular flexibility index (Phi) is 5.16. The number of rotatable bonds is 2. The summed E-state index contributed by atoms with van der Waals surface area (Å²) in [7, 11) is 1.81. The highest BCUT2D eigenvalue weighted by Gasteiger charge is 2.29. The number of carbonyl (C=O) groups is 3. The molecule has 4 heterocycles. The molecule has 2 aliphatic heterocycles. The average molecular weight is 426 g/mol. The van der Waals surface area contributed by atoms with Gasteiger partial charge in [-0.25, -0.2) is 9.59 Å². The Bertz CT molecular complexity index is 1100. The highest BCUT2D eigenvalue weighted by molar-refractivity contribution is 6.08. The van der Waals surface area contributed by atoms with Crippen molar-refractivity contribution >= 4 is 40.3 Å². The zero-order chi connectivity index (χ0) is 22.3. The van der Waals surface area contributed by atoms with Crippen LogP contribution in [0.15, 0.2) is 18.3 Å². The van der Waals surface area contributed by atoms with E-state index in [-0.39, 0.29) is 25.0 Å². The van der Waals surface area contributed by atoms with E-state index in [0.29, 0.717) is 25.3 Å². The number of aromatic nitrogens is 3. The minimum Gasteiger partial charge on any atom is -0.444 e. The molecule has 0 radical (unpaired) electrons. The molecule has 1 saturated heterocycles. The van der Waals surface area contributed by atoms with E-state index in [1.807, 2.05) is 40.0 Å². The van der Waals surface area contributed by atoms with E-state index < -0.39 is 11.6 Å². The average Bonchev–Trinajstić information content (AvgIpc) is 3.03. The molecule has 0 atom stereocenters. The lowest BCUT2D eigenvalue weighted by atomic mass is 10.0. The Morgan fingerprint density at radius 2 is 1.97 bits per heavy atom. The molecule has 31 heavy (non-hydrogen) atoms. The first kappa shape index (κ1) is 20.8. The summed E-state index contributed by atoms with van der Waals surface area (Å²) < 4.78 is 7.14. The third-order valence-electron chi connectivity index (χ3n) is 5.22. The zero-order valence-corrected chi connectivity index (χ0v) is 18.1. The number of nitrogens with one attached hydrogen (secondary N) is 1. The maximum absolute atomic E-state index is 12.3. The SMILES string of the molecule is Cn1nc(N2CCC(=O)NC2=O)c2cnc(C3=CCN(C(=O)OC(C)(C)C)CC3)cc21. The Morgan fingerprint density at radius 3 is 2.61 bits per heavy atom. The van der Waals surface area contributed by atoms with Crippen LogP contribution in [0.4, 0.5) is 15.4 Å². The van der Waals surface area contributed by atoms with Gasteiger partial charge in [-0.1, -0.05) is 6.08 Å². The molecule has 164 valence electrons. The monoisotopic (exact) mass is 426 g/mol. The Morgan fingerprint density at radius 1 is 1.19 bits per heavy atom. The molecule has 2 aromatic heterocycles. The summed E-state index contributed by atoms with van der Waals surface area (Å²) in [5, 5.41) is 7.54. The van der Waals surface area contributed by atoms with Crippen molar-refractivity contribution < 1.29 is 19.1 Å². The molecule has 0 bridgehead atoms. The molecule has 4 rings (SSSR count). The number of nitrogens with zero attached hydrogens (tertiary/aromatic N) is 5. The maximum Gasteiger partial charge on any atom is 0.410 e. The zero-order valence-electron chi connectivity index (χ0n) is 18.1. The highest BCUT2D eigenvalue weighted by atomic mass is 16.6. The van der Waals surface area contributed by atoms with Crippen molar-refractivity contribution in [1.82, 2.24) is 25.0 Å². The van der Waals surface area contributed by atoms with Crippen molar-refractivity contribution in [3.8, 4) is 0 Å². The van der Waals surface area contributed by atoms with Gasteiger partial charge in [0.1, 0.15) is 5.60 Å². The molecule has 0 spiro atoms. The first-order valence-electron chi connectivity index (χ1n) is 10.2. The normalized spacial score (nSPS) is 17.6. The number of hydrogen-bond donors (Lipinski definition) is 1. The fourth-order valence-corrected chi connectivity index (χ4v) is 3.67.